The van der Waals surface area contributed by atoms with E-state index < -0.39 is 54.4 Å². The molecule has 2 aliphatic rings. The van der Waals surface area contributed by atoms with Crippen molar-refractivity contribution < 1.29 is 47.3 Å². The monoisotopic (exact) mass is 483 g/mol. The van der Waals surface area contributed by atoms with Gasteiger partial charge in [-0.05, 0) is 12.8 Å². The minimum absolute atomic E-state index is 0.0296. The van der Waals surface area contributed by atoms with E-state index in [2.05, 4.69) is 16.0 Å². The molecule has 2 saturated heterocycles. The van der Waals surface area contributed by atoms with E-state index in [1.807, 2.05) is 0 Å². The maximum absolute atomic E-state index is 12.2. The number of halogens is 3. The van der Waals surface area contributed by atoms with Gasteiger partial charge >= 0.3 is 18.1 Å². The lowest BCUT2D eigenvalue weighted by molar-refractivity contribution is -0.173. The molecule has 0 aromatic heterocycles. The van der Waals surface area contributed by atoms with Crippen molar-refractivity contribution in [3.8, 4) is 0 Å². The van der Waals surface area contributed by atoms with Gasteiger partial charge < -0.3 is 36.2 Å². The minimum Gasteiger partial charge on any atom is -0.394 e. The molecule has 15 heteroatoms. The highest BCUT2D eigenvalue weighted by molar-refractivity contribution is 5.90. The summed E-state index contributed by atoms with van der Waals surface area (Å²) in [5.41, 5.74) is 0. The molecule has 0 spiro atoms. The Hall–Kier alpha value is -2.65. The average molecular weight is 483 g/mol. The molecule has 0 aromatic rings. The van der Waals surface area contributed by atoms with Crippen LogP contribution in [0.5, 0.6) is 0 Å². The van der Waals surface area contributed by atoms with Crippen LogP contribution < -0.4 is 21.3 Å². The number of nitrogens with zero attached hydrogens (tertiary/aromatic N) is 1. The summed E-state index contributed by atoms with van der Waals surface area (Å²) < 4.78 is 41.5. The lowest BCUT2D eigenvalue weighted by Crippen LogP contribution is -2.43. The van der Waals surface area contributed by atoms with Crippen LogP contribution in [0.1, 0.15) is 25.7 Å². The smallest absolute Gasteiger partial charge is 0.394 e. The normalized spacial score (nSPS) is 25.0. The Bertz CT molecular complexity index is 724. The standard InChI is InChI=1S/C18H28F3N5O7/c19-18(20,21)16(31)24-4-1-3-13(29)22-5-2-6-23-15(30)10-8-26(17(32)25-10)14-7-11(28)12(9-27)33-14/h10-12,14,27-28H,1-9H2,(H,22,29)(H,23,30)(H,24,31)(H,25,32)/t10?,11-,12+,14?/m0/s1. The van der Waals surface area contributed by atoms with Crippen LogP contribution in [-0.2, 0) is 19.1 Å². The Kier molecular flexibility index (Phi) is 9.67. The molecule has 0 radical (unpaired) electrons. The molecule has 0 aromatic carbocycles. The maximum atomic E-state index is 12.2. The van der Waals surface area contributed by atoms with Crippen molar-refractivity contribution in [1.29, 1.82) is 0 Å². The van der Waals surface area contributed by atoms with Crippen LogP contribution in [0.3, 0.4) is 0 Å². The molecule has 5 amide bonds. The highest BCUT2D eigenvalue weighted by atomic mass is 19.4. The predicted octanol–water partition coefficient (Wildman–Crippen LogP) is -2.07. The van der Waals surface area contributed by atoms with E-state index in [0.717, 1.165) is 0 Å². The summed E-state index contributed by atoms with van der Waals surface area (Å²) in [6.45, 7) is -0.215. The van der Waals surface area contributed by atoms with Crippen molar-refractivity contribution in [2.24, 2.45) is 0 Å². The third-order valence-corrected chi connectivity index (χ3v) is 5.08. The Morgan fingerprint density at radius 1 is 1.12 bits per heavy atom. The molecule has 2 aliphatic heterocycles. The first kappa shape index (κ1) is 26.6. The molecule has 2 rings (SSSR count). The first-order chi connectivity index (χ1) is 15.5. The summed E-state index contributed by atoms with van der Waals surface area (Å²) in [4.78, 5) is 47.9. The number of alkyl halides is 3. The van der Waals surface area contributed by atoms with E-state index in [-0.39, 0.29) is 52.0 Å². The van der Waals surface area contributed by atoms with Gasteiger partial charge in [-0.3, -0.25) is 19.3 Å². The number of carbonyl (C=O) groups is 4. The van der Waals surface area contributed by atoms with E-state index in [0.29, 0.717) is 6.42 Å². The number of carbonyl (C=O) groups excluding carboxylic acids is 4. The van der Waals surface area contributed by atoms with Crippen molar-refractivity contribution >= 4 is 23.8 Å². The molecule has 188 valence electrons. The van der Waals surface area contributed by atoms with Crippen LogP contribution in [0.15, 0.2) is 0 Å². The topological polar surface area (TPSA) is 169 Å². The summed E-state index contributed by atoms with van der Waals surface area (Å²) in [5.74, 6) is -2.89. The summed E-state index contributed by atoms with van der Waals surface area (Å²) in [5, 5.41) is 28.3. The molecule has 2 unspecified atom stereocenters. The van der Waals surface area contributed by atoms with Gasteiger partial charge in [0.1, 0.15) is 18.4 Å². The van der Waals surface area contributed by atoms with Crippen LogP contribution in [0.4, 0.5) is 18.0 Å². The number of hydrogen-bond acceptors (Lipinski definition) is 7. The highest BCUT2D eigenvalue weighted by Gasteiger charge is 2.44. The lowest BCUT2D eigenvalue weighted by Gasteiger charge is -2.22. The van der Waals surface area contributed by atoms with Gasteiger partial charge in [-0.1, -0.05) is 0 Å². The van der Waals surface area contributed by atoms with Gasteiger partial charge in [0.2, 0.25) is 11.8 Å². The number of nitrogens with one attached hydrogen (secondary N) is 4. The molecule has 0 bridgehead atoms. The second-order valence-electron chi connectivity index (χ2n) is 7.62. The van der Waals surface area contributed by atoms with Crippen LogP contribution in [0.2, 0.25) is 0 Å². The number of aliphatic hydroxyl groups is 2. The lowest BCUT2D eigenvalue weighted by atomic mass is 10.2. The molecule has 6 N–H and O–H groups in total. The molecule has 0 saturated carbocycles. The fraction of sp³-hybridized carbons (Fsp3) is 0.778. The number of rotatable bonds is 11. The Morgan fingerprint density at radius 2 is 1.79 bits per heavy atom. The second-order valence-corrected chi connectivity index (χ2v) is 7.62. The zero-order valence-electron chi connectivity index (χ0n) is 17.7. The number of hydrogen-bond donors (Lipinski definition) is 6. The average Bonchev–Trinajstić information content (AvgIpc) is 3.31. The third kappa shape index (κ3) is 8.01. The summed E-state index contributed by atoms with van der Waals surface area (Å²) in [6, 6.07) is -1.35. The van der Waals surface area contributed by atoms with Gasteiger partial charge in [-0.2, -0.15) is 13.2 Å². The zero-order chi connectivity index (χ0) is 24.6. The second kappa shape index (κ2) is 12.0. The Morgan fingerprint density at radius 3 is 2.42 bits per heavy atom. The quantitative estimate of drug-likeness (QED) is 0.183. The van der Waals surface area contributed by atoms with Gasteiger partial charge in [0.15, 0.2) is 0 Å². The van der Waals surface area contributed by atoms with Crippen molar-refractivity contribution in [1.82, 2.24) is 26.2 Å². The van der Waals surface area contributed by atoms with Gasteiger partial charge in [-0.15, -0.1) is 0 Å². The van der Waals surface area contributed by atoms with E-state index in [9.17, 15) is 37.5 Å². The third-order valence-electron chi connectivity index (χ3n) is 5.08. The fourth-order valence-electron chi connectivity index (χ4n) is 3.32. The largest absolute Gasteiger partial charge is 0.471 e. The first-order valence-electron chi connectivity index (χ1n) is 10.4. The van der Waals surface area contributed by atoms with E-state index in [1.54, 1.807) is 5.32 Å². The SMILES string of the molecule is O=C(CCCNC(=O)C(F)(F)F)NCCCNC(=O)C1CN(C2C[C@H](O)[C@@H](CO)O2)C(=O)N1. The van der Waals surface area contributed by atoms with Crippen LogP contribution in [0.25, 0.3) is 0 Å². The molecule has 2 heterocycles. The highest BCUT2D eigenvalue weighted by Crippen LogP contribution is 2.25. The molecule has 4 atom stereocenters. The molecule has 33 heavy (non-hydrogen) atoms. The fourth-order valence-corrected chi connectivity index (χ4v) is 3.32. The van der Waals surface area contributed by atoms with E-state index in [4.69, 9.17) is 9.84 Å². The van der Waals surface area contributed by atoms with Crippen molar-refractivity contribution in [2.45, 2.75) is 56.3 Å². The predicted molar refractivity (Wildman–Crippen MR) is 104 cm³/mol. The molecule has 12 nitrogen and oxygen atoms in total. The van der Waals surface area contributed by atoms with Gasteiger partial charge in [0.05, 0.1) is 19.3 Å². The van der Waals surface area contributed by atoms with Gasteiger partial charge in [0, 0.05) is 32.5 Å². The number of urea groups is 1. The van der Waals surface area contributed by atoms with Crippen molar-refractivity contribution in [3.05, 3.63) is 0 Å². The van der Waals surface area contributed by atoms with Crippen LogP contribution in [-0.4, -0.2) is 102 Å². The molecular weight excluding hydrogens is 455 g/mol. The number of aliphatic hydroxyl groups excluding tert-OH is 2. The summed E-state index contributed by atoms with van der Waals surface area (Å²) >= 11 is 0. The Balaban J connectivity index is 1.56. The van der Waals surface area contributed by atoms with Crippen LogP contribution >= 0.6 is 0 Å². The minimum atomic E-state index is -4.96. The van der Waals surface area contributed by atoms with Crippen molar-refractivity contribution in [3.63, 3.8) is 0 Å². The van der Waals surface area contributed by atoms with E-state index in [1.165, 1.54) is 4.90 Å². The first-order valence-corrected chi connectivity index (χ1v) is 10.4. The number of ether oxygens (including phenoxy) is 1. The van der Waals surface area contributed by atoms with Crippen molar-refractivity contribution in [2.75, 3.05) is 32.8 Å². The van der Waals surface area contributed by atoms with E-state index >= 15 is 0 Å². The molecular formula is C18H28F3N5O7. The van der Waals surface area contributed by atoms with Crippen LogP contribution in [0, 0.1) is 0 Å². The summed E-state index contributed by atoms with van der Waals surface area (Å²) in [7, 11) is 0. The Labute approximate surface area is 187 Å². The number of amides is 5. The zero-order valence-corrected chi connectivity index (χ0v) is 17.7. The maximum Gasteiger partial charge on any atom is 0.471 e. The summed E-state index contributed by atoms with van der Waals surface area (Å²) in [6.07, 6.45) is -6.91. The molecule has 0 aliphatic carbocycles. The van der Waals surface area contributed by atoms with Gasteiger partial charge in [0.25, 0.3) is 0 Å². The van der Waals surface area contributed by atoms with Gasteiger partial charge in [-0.25, -0.2) is 4.79 Å². The molecule has 2 fully saturated rings.